The molecular weight excluding hydrogens is 394 g/mol. The number of fused-ring (bicyclic) bond motifs is 2. The molecule has 3 saturated heterocycles. The van der Waals surface area contributed by atoms with Crippen molar-refractivity contribution in [1.29, 1.82) is 0 Å². The van der Waals surface area contributed by atoms with Crippen LogP contribution in [0.3, 0.4) is 0 Å². The molecule has 3 fully saturated rings. The lowest BCUT2D eigenvalue weighted by atomic mass is 9.75. The maximum atomic E-state index is 12.9. The molecule has 0 aliphatic carbocycles. The molecule has 162 valence electrons. The second-order valence-corrected chi connectivity index (χ2v) is 8.72. The summed E-state index contributed by atoms with van der Waals surface area (Å²) in [6.07, 6.45) is 5.40. The number of anilines is 1. The molecule has 1 N–H and O–H groups in total. The van der Waals surface area contributed by atoms with E-state index < -0.39 is 0 Å². The molecule has 0 bridgehead atoms. The number of amides is 2. The van der Waals surface area contributed by atoms with Gasteiger partial charge in [-0.1, -0.05) is 12.1 Å². The highest BCUT2D eigenvalue weighted by atomic mass is 16.5. The van der Waals surface area contributed by atoms with Crippen LogP contribution < -0.4 is 15.0 Å². The van der Waals surface area contributed by atoms with Crippen molar-refractivity contribution in [1.82, 2.24) is 20.2 Å². The summed E-state index contributed by atoms with van der Waals surface area (Å²) >= 11 is 0. The van der Waals surface area contributed by atoms with E-state index in [1.807, 2.05) is 29.2 Å². The van der Waals surface area contributed by atoms with Crippen molar-refractivity contribution in [3.8, 4) is 5.75 Å². The van der Waals surface area contributed by atoms with Crippen molar-refractivity contribution < 1.29 is 14.3 Å². The van der Waals surface area contributed by atoms with Gasteiger partial charge in [-0.25, -0.2) is 9.97 Å². The number of carbonyl (C=O) groups excluding carboxylic acids is 2. The molecule has 0 radical (unpaired) electrons. The number of nitrogens with zero attached hydrogens (tertiary/aromatic N) is 4. The van der Waals surface area contributed by atoms with E-state index in [1.54, 1.807) is 25.6 Å². The van der Waals surface area contributed by atoms with Crippen molar-refractivity contribution in [3.63, 3.8) is 0 Å². The number of rotatable bonds is 4. The molecule has 5 rings (SSSR count). The molecule has 3 aliphatic rings. The maximum absolute atomic E-state index is 12.9. The zero-order chi connectivity index (χ0) is 21.4. The topological polar surface area (TPSA) is 87.7 Å². The monoisotopic (exact) mass is 421 g/mol. The molecule has 4 heterocycles. The molecule has 8 nitrogen and oxygen atoms in total. The molecule has 31 heavy (non-hydrogen) atoms. The Labute approximate surface area is 181 Å². The third kappa shape index (κ3) is 3.60. The Balaban J connectivity index is 1.24. The van der Waals surface area contributed by atoms with Crippen LogP contribution in [0.1, 0.15) is 18.4 Å². The zero-order valence-electron chi connectivity index (χ0n) is 17.7. The highest BCUT2D eigenvalue weighted by Gasteiger charge is 2.57. The van der Waals surface area contributed by atoms with E-state index in [2.05, 4.69) is 20.2 Å². The highest BCUT2D eigenvalue weighted by Crippen LogP contribution is 2.44. The molecule has 1 spiro atoms. The summed E-state index contributed by atoms with van der Waals surface area (Å²) in [5.74, 6) is 1.87. The lowest BCUT2D eigenvalue weighted by Gasteiger charge is -2.42. The fourth-order valence-electron chi connectivity index (χ4n) is 5.40. The van der Waals surface area contributed by atoms with Crippen LogP contribution in [-0.4, -0.2) is 65.5 Å². The van der Waals surface area contributed by atoms with E-state index in [0.29, 0.717) is 32.0 Å². The lowest BCUT2D eigenvalue weighted by molar-refractivity contribution is -0.132. The highest BCUT2D eigenvalue weighted by molar-refractivity contribution is 5.85. The van der Waals surface area contributed by atoms with E-state index in [4.69, 9.17) is 4.74 Å². The second kappa shape index (κ2) is 7.83. The van der Waals surface area contributed by atoms with Gasteiger partial charge in [0, 0.05) is 50.0 Å². The molecule has 3 aliphatic heterocycles. The van der Waals surface area contributed by atoms with Crippen LogP contribution in [-0.2, 0) is 16.0 Å². The average Bonchev–Trinajstić information content (AvgIpc) is 3.35. The molecule has 0 saturated carbocycles. The fraction of sp³-hybridized carbons (Fsp3) is 0.478. The number of benzene rings is 1. The average molecular weight is 422 g/mol. The van der Waals surface area contributed by atoms with Crippen molar-refractivity contribution in [2.45, 2.75) is 24.8 Å². The van der Waals surface area contributed by atoms with Crippen molar-refractivity contribution in [2.75, 3.05) is 38.2 Å². The first-order valence-electron chi connectivity index (χ1n) is 10.8. The van der Waals surface area contributed by atoms with Crippen molar-refractivity contribution >= 4 is 17.8 Å². The van der Waals surface area contributed by atoms with Gasteiger partial charge in [0.15, 0.2) is 0 Å². The Hall–Kier alpha value is -3.16. The standard InChI is InChI=1S/C23H27N5O3/c1-31-17-5-2-4-16(12-17)13-20(29)27-10-6-23(7-11-27)19-15-28(14-18(19)21(30)26-23)22-24-8-3-9-25-22/h2-5,8-9,12,18-19H,6-7,10-11,13-15H2,1H3,(H,26,30)/t18-,19+/m1/s1. The third-order valence-electron chi connectivity index (χ3n) is 7.07. The number of carbonyl (C=O) groups is 2. The fourth-order valence-corrected chi connectivity index (χ4v) is 5.40. The summed E-state index contributed by atoms with van der Waals surface area (Å²) in [6, 6.07) is 9.44. The number of ether oxygens (including phenoxy) is 1. The number of piperidine rings is 1. The summed E-state index contributed by atoms with van der Waals surface area (Å²) in [5, 5.41) is 3.31. The smallest absolute Gasteiger partial charge is 0.226 e. The Morgan fingerprint density at radius 3 is 2.71 bits per heavy atom. The van der Waals surface area contributed by atoms with Crippen LogP contribution in [0.5, 0.6) is 5.75 Å². The Morgan fingerprint density at radius 2 is 1.97 bits per heavy atom. The first-order chi connectivity index (χ1) is 15.1. The van der Waals surface area contributed by atoms with Gasteiger partial charge in [-0.15, -0.1) is 0 Å². The predicted octanol–water partition coefficient (Wildman–Crippen LogP) is 1.27. The normalized spacial score (nSPS) is 24.2. The van der Waals surface area contributed by atoms with Gasteiger partial charge in [0.2, 0.25) is 17.8 Å². The van der Waals surface area contributed by atoms with Gasteiger partial charge in [-0.2, -0.15) is 0 Å². The molecule has 8 heteroatoms. The van der Waals surface area contributed by atoms with E-state index in [9.17, 15) is 9.59 Å². The Bertz CT molecular complexity index is 974. The molecular formula is C23H27N5O3. The van der Waals surface area contributed by atoms with Gasteiger partial charge in [0.25, 0.3) is 0 Å². The van der Waals surface area contributed by atoms with Crippen molar-refractivity contribution in [2.24, 2.45) is 11.8 Å². The minimum atomic E-state index is -0.238. The van der Waals surface area contributed by atoms with Crippen LogP contribution in [0, 0.1) is 11.8 Å². The van der Waals surface area contributed by atoms with Gasteiger partial charge >= 0.3 is 0 Å². The first-order valence-corrected chi connectivity index (χ1v) is 10.8. The van der Waals surface area contributed by atoms with E-state index in [1.165, 1.54) is 0 Å². The van der Waals surface area contributed by atoms with Crippen molar-refractivity contribution in [3.05, 3.63) is 48.3 Å². The lowest BCUT2D eigenvalue weighted by Crippen LogP contribution is -2.56. The van der Waals surface area contributed by atoms with E-state index in [-0.39, 0.29) is 29.2 Å². The molecule has 2 atom stereocenters. The summed E-state index contributed by atoms with van der Waals surface area (Å²) in [6.45, 7) is 2.74. The molecule has 1 aromatic carbocycles. The minimum Gasteiger partial charge on any atom is -0.497 e. The summed E-state index contributed by atoms with van der Waals surface area (Å²) in [4.78, 5) is 38.4. The molecule has 2 aromatic rings. The van der Waals surface area contributed by atoms with Crippen LogP contribution in [0.25, 0.3) is 0 Å². The summed E-state index contributed by atoms with van der Waals surface area (Å²) in [5.41, 5.74) is 0.714. The predicted molar refractivity (Wildman–Crippen MR) is 115 cm³/mol. The Kier molecular flexibility index (Phi) is 5.00. The molecule has 0 unspecified atom stereocenters. The zero-order valence-corrected chi connectivity index (χ0v) is 17.7. The minimum absolute atomic E-state index is 0.0390. The van der Waals surface area contributed by atoms with Crippen LogP contribution in [0.2, 0.25) is 0 Å². The van der Waals surface area contributed by atoms with Crippen LogP contribution >= 0.6 is 0 Å². The van der Waals surface area contributed by atoms with Gasteiger partial charge in [-0.05, 0) is 36.6 Å². The SMILES string of the molecule is COc1cccc(CC(=O)N2CCC3(CC2)NC(=O)[C@@H]2CN(c4ncccn4)C[C@@H]23)c1. The Morgan fingerprint density at radius 1 is 1.19 bits per heavy atom. The van der Waals surface area contributed by atoms with Gasteiger partial charge in [0.05, 0.1) is 19.4 Å². The number of hydrogen-bond donors (Lipinski definition) is 1. The van der Waals surface area contributed by atoms with E-state index >= 15 is 0 Å². The van der Waals surface area contributed by atoms with Gasteiger partial charge in [-0.3, -0.25) is 9.59 Å². The first kappa shape index (κ1) is 19.8. The number of hydrogen-bond acceptors (Lipinski definition) is 6. The quantitative estimate of drug-likeness (QED) is 0.800. The van der Waals surface area contributed by atoms with Gasteiger partial charge in [0.1, 0.15) is 5.75 Å². The number of nitrogens with one attached hydrogen (secondary N) is 1. The number of methoxy groups -OCH3 is 1. The maximum Gasteiger partial charge on any atom is 0.226 e. The number of likely N-dealkylation sites (tertiary alicyclic amines) is 1. The third-order valence-corrected chi connectivity index (χ3v) is 7.07. The second-order valence-electron chi connectivity index (χ2n) is 8.72. The molecule has 1 aromatic heterocycles. The largest absolute Gasteiger partial charge is 0.497 e. The van der Waals surface area contributed by atoms with Gasteiger partial charge < -0.3 is 19.9 Å². The number of aromatic nitrogens is 2. The summed E-state index contributed by atoms with van der Waals surface area (Å²) < 4.78 is 5.26. The summed E-state index contributed by atoms with van der Waals surface area (Å²) in [7, 11) is 1.63. The van der Waals surface area contributed by atoms with Crippen LogP contribution in [0.15, 0.2) is 42.7 Å². The molecule has 2 amide bonds. The van der Waals surface area contributed by atoms with Crippen LogP contribution in [0.4, 0.5) is 5.95 Å². The van der Waals surface area contributed by atoms with E-state index in [0.717, 1.165) is 30.7 Å².